The number of hydrogen-bond donors (Lipinski definition) is 4. The van der Waals surface area contributed by atoms with Crippen LogP contribution in [-0.2, 0) is 9.59 Å². The van der Waals surface area contributed by atoms with Crippen molar-refractivity contribution in [1.82, 2.24) is 0 Å². The highest BCUT2D eigenvalue weighted by Gasteiger charge is 2.01. The number of carboxylic acid groups (broad SMARTS) is 2. The summed E-state index contributed by atoms with van der Waals surface area (Å²) >= 11 is 0. The van der Waals surface area contributed by atoms with Gasteiger partial charge >= 0.3 is 11.9 Å². The van der Waals surface area contributed by atoms with Gasteiger partial charge in [0.2, 0.25) is 0 Å². The molecule has 0 rings (SSSR count). The van der Waals surface area contributed by atoms with Gasteiger partial charge in [-0.3, -0.25) is 21.3 Å². The fourth-order valence-corrected chi connectivity index (χ4v) is 0.129. The summed E-state index contributed by atoms with van der Waals surface area (Å²) in [4.78, 5) is 18.9. The van der Waals surface area contributed by atoms with E-state index in [0.29, 0.717) is 0 Å². The van der Waals surface area contributed by atoms with Crippen LogP contribution in [0.2, 0.25) is 0 Å². The van der Waals surface area contributed by atoms with Gasteiger partial charge in [-0.2, -0.15) is 0 Å². The van der Waals surface area contributed by atoms with Crippen LogP contribution in [0.15, 0.2) is 0 Å². The standard InChI is InChI=1S/C3H4O4.H4N2/c4-2(5)1-3(6)7;1-2/h1H2,(H,4,5)(H,6,7);1-2H2. The molecular formula is C3H8N2O4. The molecule has 0 aliphatic rings. The Balaban J connectivity index is 0. The average molecular weight is 136 g/mol. The van der Waals surface area contributed by atoms with E-state index in [1.807, 2.05) is 0 Å². The van der Waals surface area contributed by atoms with Gasteiger partial charge in [0.05, 0.1) is 0 Å². The Morgan fingerprint density at radius 1 is 1.11 bits per heavy atom. The summed E-state index contributed by atoms with van der Waals surface area (Å²) in [5.41, 5.74) is 0. The highest BCUT2D eigenvalue weighted by atomic mass is 16.4. The van der Waals surface area contributed by atoms with Crippen LogP contribution in [0.5, 0.6) is 0 Å². The number of aliphatic carboxylic acids is 2. The molecule has 0 atom stereocenters. The summed E-state index contributed by atoms with van der Waals surface area (Å²) < 4.78 is 0. The molecule has 6 N–H and O–H groups in total. The average Bonchev–Trinajstić information content (AvgIpc) is 1.68. The molecule has 6 nitrogen and oxygen atoms in total. The first-order valence-corrected chi connectivity index (χ1v) is 1.90. The third kappa shape index (κ3) is 19.8. The zero-order chi connectivity index (χ0) is 7.86. The van der Waals surface area contributed by atoms with E-state index in [1.54, 1.807) is 0 Å². The van der Waals surface area contributed by atoms with Gasteiger partial charge in [-0.25, -0.2) is 0 Å². The Hall–Kier alpha value is -1.14. The summed E-state index contributed by atoms with van der Waals surface area (Å²) in [7, 11) is 0. The van der Waals surface area contributed by atoms with Gasteiger partial charge in [0, 0.05) is 0 Å². The topological polar surface area (TPSA) is 127 Å². The quantitative estimate of drug-likeness (QED) is 0.205. The molecule has 6 heteroatoms. The molecule has 0 spiro atoms. The predicted octanol–water partition coefficient (Wildman–Crippen LogP) is -1.64. The van der Waals surface area contributed by atoms with Crippen LogP contribution < -0.4 is 11.7 Å². The van der Waals surface area contributed by atoms with Crippen LogP contribution in [0.1, 0.15) is 6.42 Å². The van der Waals surface area contributed by atoms with Gasteiger partial charge < -0.3 is 10.2 Å². The van der Waals surface area contributed by atoms with Crippen molar-refractivity contribution in [2.24, 2.45) is 11.7 Å². The molecule has 0 bridgehead atoms. The van der Waals surface area contributed by atoms with Crippen molar-refractivity contribution < 1.29 is 19.8 Å². The zero-order valence-corrected chi connectivity index (χ0v) is 4.57. The molecular weight excluding hydrogens is 128 g/mol. The van der Waals surface area contributed by atoms with E-state index in [2.05, 4.69) is 11.7 Å². The smallest absolute Gasteiger partial charge is 0.314 e. The number of rotatable bonds is 2. The van der Waals surface area contributed by atoms with E-state index in [0.717, 1.165) is 0 Å². The van der Waals surface area contributed by atoms with Crippen LogP contribution in [0.3, 0.4) is 0 Å². The number of carboxylic acids is 2. The molecule has 0 aromatic rings. The van der Waals surface area contributed by atoms with E-state index in [1.165, 1.54) is 0 Å². The fourth-order valence-electron chi connectivity index (χ4n) is 0.129. The Kier molecular flexibility index (Phi) is 8.21. The second kappa shape index (κ2) is 6.86. The number of carbonyl (C=O) groups is 2. The van der Waals surface area contributed by atoms with Crippen molar-refractivity contribution in [1.29, 1.82) is 0 Å². The van der Waals surface area contributed by atoms with Gasteiger partial charge in [0.1, 0.15) is 6.42 Å². The van der Waals surface area contributed by atoms with Crippen molar-refractivity contribution in [3.63, 3.8) is 0 Å². The lowest BCUT2D eigenvalue weighted by atomic mass is 10.5. The van der Waals surface area contributed by atoms with Crippen molar-refractivity contribution >= 4 is 11.9 Å². The molecule has 54 valence electrons. The minimum absolute atomic E-state index is 0.806. The summed E-state index contributed by atoms with van der Waals surface area (Å²) in [6.45, 7) is 0. The van der Waals surface area contributed by atoms with Crippen molar-refractivity contribution in [2.45, 2.75) is 6.42 Å². The molecule has 0 aromatic heterocycles. The molecule has 0 heterocycles. The first-order valence-electron chi connectivity index (χ1n) is 1.90. The predicted molar refractivity (Wildman–Crippen MR) is 28.3 cm³/mol. The molecule has 0 aromatic carbocycles. The molecule has 0 amide bonds. The second-order valence-electron chi connectivity index (χ2n) is 0.964. The van der Waals surface area contributed by atoms with Gasteiger partial charge in [-0.05, 0) is 0 Å². The van der Waals surface area contributed by atoms with Crippen molar-refractivity contribution in [3.05, 3.63) is 0 Å². The lowest BCUT2D eigenvalue weighted by Gasteiger charge is -1.80. The number of nitrogens with two attached hydrogens (primary N) is 2. The van der Waals surface area contributed by atoms with Crippen LogP contribution in [0.4, 0.5) is 0 Å². The maximum Gasteiger partial charge on any atom is 0.314 e. The molecule has 0 fully saturated rings. The fraction of sp³-hybridized carbons (Fsp3) is 0.333. The normalized spacial score (nSPS) is 6.89. The first-order chi connectivity index (χ1) is 4.13. The van der Waals surface area contributed by atoms with Gasteiger partial charge in [0.15, 0.2) is 0 Å². The van der Waals surface area contributed by atoms with Gasteiger partial charge in [0.25, 0.3) is 0 Å². The maximum atomic E-state index is 9.43. The van der Waals surface area contributed by atoms with Crippen LogP contribution in [0, 0.1) is 0 Å². The number of hydrogen-bond acceptors (Lipinski definition) is 4. The van der Waals surface area contributed by atoms with E-state index in [9.17, 15) is 9.59 Å². The SMILES string of the molecule is NN.O=C(O)CC(=O)O. The molecule has 0 aliphatic carbocycles. The summed E-state index contributed by atoms with van der Waals surface area (Å²) in [5.74, 6) is 5.38. The highest BCUT2D eigenvalue weighted by molar-refractivity contribution is 5.88. The van der Waals surface area contributed by atoms with E-state index in [4.69, 9.17) is 10.2 Å². The first kappa shape index (κ1) is 10.8. The van der Waals surface area contributed by atoms with Crippen LogP contribution in [0.25, 0.3) is 0 Å². The summed E-state index contributed by atoms with van der Waals surface area (Å²) in [6.07, 6.45) is -0.806. The molecule has 0 unspecified atom stereocenters. The van der Waals surface area contributed by atoms with E-state index in [-0.39, 0.29) is 0 Å². The summed E-state index contributed by atoms with van der Waals surface area (Å²) in [5, 5.41) is 15.4. The molecule has 0 saturated carbocycles. The Labute approximate surface area is 51.0 Å². The second-order valence-corrected chi connectivity index (χ2v) is 0.964. The maximum absolute atomic E-state index is 9.43. The van der Waals surface area contributed by atoms with Crippen molar-refractivity contribution in [2.75, 3.05) is 0 Å². The largest absolute Gasteiger partial charge is 0.481 e. The summed E-state index contributed by atoms with van der Waals surface area (Å²) in [6, 6.07) is 0. The molecule has 0 saturated heterocycles. The Bertz CT molecular complexity index is 90.0. The number of hydrazine groups is 1. The lowest BCUT2D eigenvalue weighted by molar-refractivity contribution is -0.147. The Morgan fingerprint density at radius 3 is 1.33 bits per heavy atom. The monoisotopic (exact) mass is 136 g/mol. The van der Waals surface area contributed by atoms with Crippen LogP contribution >= 0.6 is 0 Å². The molecule has 0 radical (unpaired) electrons. The Morgan fingerprint density at radius 2 is 1.33 bits per heavy atom. The third-order valence-electron chi connectivity index (χ3n) is 0.302. The molecule has 0 aliphatic heterocycles. The minimum atomic E-state index is -1.31. The van der Waals surface area contributed by atoms with Crippen LogP contribution in [-0.4, -0.2) is 22.2 Å². The zero-order valence-electron chi connectivity index (χ0n) is 4.57. The minimum Gasteiger partial charge on any atom is -0.481 e. The highest BCUT2D eigenvalue weighted by Crippen LogP contribution is 1.74. The molecule has 9 heavy (non-hydrogen) atoms. The van der Waals surface area contributed by atoms with Crippen molar-refractivity contribution in [3.8, 4) is 0 Å². The lowest BCUT2D eigenvalue weighted by Crippen LogP contribution is -2.03. The third-order valence-corrected chi connectivity index (χ3v) is 0.302. The van der Waals surface area contributed by atoms with Gasteiger partial charge in [-0.15, -0.1) is 0 Å². The van der Waals surface area contributed by atoms with E-state index < -0.39 is 18.4 Å². The van der Waals surface area contributed by atoms with E-state index >= 15 is 0 Å². The van der Waals surface area contributed by atoms with Gasteiger partial charge in [-0.1, -0.05) is 0 Å².